The fraction of sp³-hybridized carbons (Fsp3) is 0.531. The van der Waals surface area contributed by atoms with Gasteiger partial charge in [0.25, 0.3) is 0 Å². The van der Waals surface area contributed by atoms with Crippen LogP contribution in [0.1, 0.15) is 69.7 Å². The highest BCUT2D eigenvalue weighted by Crippen LogP contribution is 2.56. The minimum atomic E-state index is 0.0113. The van der Waals surface area contributed by atoms with Crippen LogP contribution in [0.5, 0.6) is 0 Å². The number of hydrogen-bond donors (Lipinski definition) is 0. The third-order valence-electron chi connectivity index (χ3n) is 8.92. The van der Waals surface area contributed by atoms with Gasteiger partial charge < -0.3 is 9.64 Å². The minimum absolute atomic E-state index is 0.0113. The molecule has 2 saturated heterocycles. The van der Waals surface area contributed by atoms with E-state index >= 15 is 0 Å². The number of fused-ring (bicyclic) bond motifs is 1. The van der Waals surface area contributed by atoms with Crippen LogP contribution in [-0.4, -0.2) is 63.6 Å². The van der Waals surface area contributed by atoms with E-state index in [2.05, 4.69) is 73.2 Å². The summed E-state index contributed by atoms with van der Waals surface area (Å²) in [5.74, 6) is 0.519. The van der Waals surface area contributed by atoms with E-state index < -0.39 is 0 Å². The van der Waals surface area contributed by atoms with Crippen LogP contribution in [0.25, 0.3) is 15.6 Å². The number of thioether (sulfide) groups is 1. The first-order chi connectivity index (χ1) is 20.6. The molecule has 11 heteroatoms. The molecular formula is C32H39N5O2S4. The first kappa shape index (κ1) is 31.0. The molecule has 3 aliphatic rings. The summed E-state index contributed by atoms with van der Waals surface area (Å²) >= 11 is 9.77. The Morgan fingerprint density at radius 2 is 1.77 bits per heavy atom. The fourth-order valence-corrected chi connectivity index (χ4v) is 10.2. The van der Waals surface area contributed by atoms with E-state index in [0.29, 0.717) is 21.1 Å². The van der Waals surface area contributed by atoms with Crippen LogP contribution in [0.15, 0.2) is 46.3 Å². The van der Waals surface area contributed by atoms with Crippen LogP contribution < -0.4 is 0 Å². The van der Waals surface area contributed by atoms with E-state index in [4.69, 9.17) is 21.9 Å². The number of carbonyl (C=O) groups is 1. The van der Waals surface area contributed by atoms with Gasteiger partial charge in [-0.05, 0) is 77.6 Å². The molecule has 6 rings (SSSR count). The molecule has 0 spiro atoms. The molecule has 2 aliphatic heterocycles. The highest BCUT2D eigenvalue weighted by molar-refractivity contribution is 8.33. The van der Waals surface area contributed by atoms with E-state index in [1.165, 1.54) is 36.2 Å². The van der Waals surface area contributed by atoms with Crippen molar-refractivity contribution in [3.05, 3.63) is 46.5 Å². The van der Waals surface area contributed by atoms with E-state index in [9.17, 15) is 4.79 Å². The Labute approximate surface area is 271 Å². The zero-order valence-corrected chi connectivity index (χ0v) is 28.6. The summed E-state index contributed by atoms with van der Waals surface area (Å²) in [5, 5.41) is 9.59. The number of ether oxygens (including phenoxy) is 1. The molecule has 3 aromatic rings. The second-order valence-corrected chi connectivity index (χ2v) is 16.7. The van der Waals surface area contributed by atoms with Crippen molar-refractivity contribution >= 4 is 82.5 Å². The van der Waals surface area contributed by atoms with E-state index in [-0.39, 0.29) is 15.9 Å². The smallest absolute Gasteiger partial charge is 0.242 e. The third-order valence-corrected chi connectivity index (χ3v) is 12.2. The molecule has 1 saturated carbocycles. The van der Waals surface area contributed by atoms with Gasteiger partial charge in [-0.2, -0.15) is 0 Å². The van der Waals surface area contributed by atoms with Gasteiger partial charge in [0.05, 0.1) is 29.3 Å². The second-order valence-electron chi connectivity index (χ2n) is 13.0. The van der Waals surface area contributed by atoms with Gasteiger partial charge in [0, 0.05) is 31.1 Å². The molecule has 2 aromatic heterocycles. The van der Waals surface area contributed by atoms with Crippen molar-refractivity contribution in [1.82, 2.24) is 14.8 Å². The van der Waals surface area contributed by atoms with Gasteiger partial charge in [0.2, 0.25) is 10.2 Å². The Kier molecular flexibility index (Phi) is 9.20. The predicted molar refractivity (Wildman–Crippen MR) is 184 cm³/mol. The number of thiophene rings is 1. The standard InChI is InChI=1S/C32H39N5O2S4/c1-31(2)11-5-12-32(3,4)26(31)21-7-9-22(10-8-21)34-35-29-33-27-25(42-29)20-23(41-27)19-24-28(38)43-30(40)37(24)14-6-13-36-15-17-39-18-16-36/h7-10,19-20,26H,5-6,11-18H2,1-4H3/b24-19+,35-34?. The molecule has 0 N–H and O–H groups in total. The maximum Gasteiger partial charge on any atom is 0.242 e. The van der Waals surface area contributed by atoms with Crippen molar-refractivity contribution in [3.63, 3.8) is 0 Å². The number of thiazole rings is 1. The molecule has 43 heavy (non-hydrogen) atoms. The molecule has 3 fully saturated rings. The summed E-state index contributed by atoms with van der Waals surface area (Å²) in [6.45, 7) is 14.9. The highest BCUT2D eigenvalue weighted by Gasteiger charge is 2.44. The lowest BCUT2D eigenvalue weighted by Crippen LogP contribution is -2.38. The Morgan fingerprint density at radius 1 is 1.05 bits per heavy atom. The quantitative estimate of drug-likeness (QED) is 0.137. The molecule has 0 amide bonds. The molecular weight excluding hydrogens is 615 g/mol. The normalized spacial score (nSPS) is 22.5. The number of aromatic nitrogens is 1. The van der Waals surface area contributed by atoms with Gasteiger partial charge in [0.15, 0.2) is 0 Å². The molecule has 0 radical (unpaired) electrons. The Bertz CT molecular complexity index is 1500. The summed E-state index contributed by atoms with van der Waals surface area (Å²) in [6, 6.07) is 10.7. The summed E-state index contributed by atoms with van der Waals surface area (Å²) < 4.78 is 7.12. The molecule has 0 unspecified atom stereocenters. The zero-order valence-electron chi connectivity index (χ0n) is 25.3. The van der Waals surface area contributed by atoms with E-state index in [0.717, 1.165) is 77.7 Å². The maximum absolute atomic E-state index is 12.8. The van der Waals surface area contributed by atoms with Crippen molar-refractivity contribution in [2.45, 2.75) is 59.3 Å². The SMILES string of the molecule is CC1(C)CCCC(C)(C)C1c1ccc(N=Nc2nc3sc(/C=C4\C(=O)SC(=S)N4CCCN4CCOCC4)cc3s2)cc1. The lowest BCUT2D eigenvalue weighted by Gasteiger charge is -2.49. The molecule has 7 nitrogen and oxygen atoms in total. The number of benzene rings is 1. The molecule has 0 bridgehead atoms. The average molecular weight is 654 g/mol. The summed E-state index contributed by atoms with van der Waals surface area (Å²) in [6.07, 6.45) is 6.73. The predicted octanol–water partition coefficient (Wildman–Crippen LogP) is 9.02. The topological polar surface area (TPSA) is 70.4 Å². The van der Waals surface area contributed by atoms with Crippen LogP contribution in [-0.2, 0) is 9.53 Å². The fourth-order valence-electron chi connectivity index (χ4n) is 7.09. The van der Waals surface area contributed by atoms with Crippen molar-refractivity contribution in [2.75, 3.05) is 39.4 Å². The van der Waals surface area contributed by atoms with Gasteiger partial charge in [-0.1, -0.05) is 69.8 Å². The highest BCUT2D eigenvalue weighted by atomic mass is 32.2. The summed E-state index contributed by atoms with van der Waals surface area (Å²) in [5.41, 5.74) is 3.45. The Hall–Kier alpha value is -2.02. The largest absolute Gasteiger partial charge is 0.379 e. The third kappa shape index (κ3) is 6.97. The van der Waals surface area contributed by atoms with Crippen molar-refractivity contribution in [3.8, 4) is 0 Å². The number of hydrogen-bond acceptors (Lipinski definition) is 10. The number of rotatable bonds is 8. The zero-order chi connectivity index (χ0) is 30.2. The van der Waals surface area contributed by atoms with Crippen molar-refractivity contribution < 1.29 is 9.53 Å². The monoisotopic (exact) mass is 653 g/mol. The van der Waals surface area contributed by atoms with Gasteiger partial charge >= 0.3 is 0 Å². The first-order valence-corrected chi connectivity index (χ1v) is 17.9. The first-order valence-electron chi connectivity index (χ1n) is 15.1. The number of azo groups is 1. The maximum atomic E-state index is 12.8. The van der Waals surface area contributed by atoms with E-state index in [1.54, 1.807) is 11.3 Å². The van der Waals surface area contributed by atoms with Crippen LogP contribution >= 0.6 is 46.7 Å². The van der Waals surface area contributed by atoms with Gasteiger partial charge in [-0.3, -0.25) is 9.69 Å². The number of carbonyl (C=O) groups excluding carboxylic acids is 1. The van der Waals surface area contributed by atoms with Gasteiger partial charge in [0.1, 0.15) is 9.15 Å². The van der Waals surface area contributed by atoms with Gasteiger partial charge in [-0.25, -0.2) is 4.98 Å². The van der Waals surface area contributed by atoms with Gasteiger partial charge in [-0.15, -0.1) is 21.6 Å². The summed E-state index contributed by atoms with van der Waals surface area (Å²) in [4.78, 5) is 23.8. The van der Waals surface area contributed by atoms with Crippen LogP contribution in [0.4, 0.5) is 10.8 Å². The number of nitrogens with zero attached hydrogens (tertiary/aromatic N) is 5. The van der Waals surface area contributed by atoms with Crippen LogP contribution in [0.3, 0.4) is 0 Å². The summed E-state index contributed by atoms with van der Waals surface area (Å²) in [7, 11) is 0. The molecule has 228 valence electrons. The molecule has 0 atom stereocenters. The number of morpholine rings is 1. The van der Waals surface area contributed by atoms with Crippen molar-refractivity contribution in [1.29, 1.82) is 0 Å². The lowest BCUT2D eigenvalue weighted by molar-refractivity contribution is -0.108. The van der Waals surface area contributed by atoms with Crippen molar-refractivity contribution in [2.24, 2.45) is 21.1 Å². The van der Waals surface area contributed by atoms with E-state index in [1.807, 2.05) is 11.0 Å². The van der Waals surface area contributed by atoms with Crippen LogP contribution in [0, 0.1) is 10.8 Å². The lowest BCUT2D eigenvalue weighted by atomic mass is 9.55. The number of thiocarbonyl (C=S) groups is 1. The Balaban J connectivity index is 1.11. The second kappa shape index (κ2) is 12.8. The van der Waals surface area contributed by atoms with Crippen LogP contribution in [0.2, 0.25) is 0 Å². The molecule has 1 aliphatic carbocycles. The molecule has 1 aromatic carbocycles. The molecule has 4 heterocycles. The Morgan fingerprint density at radius 3 is 2.47 bits per heavy atom. The average Bonchev–Trinajstić information content (AvgIpc) is 3.59. The minimum Gasteiger partial charge on any atom is -0.379 e.